The molecule has 1 aliphatic rings. The highest BCUT2D eigenvalue weighted by atomic mass is 19.2. The van der Waals surface area contributed by atoms with Gasteiger partial charge in [0, 0.05) is 13.3 Å². The predicted octanol–water partition coefficient (Wildman–Crippen LogP) is 3.28. The van der Waals surface area contributed by atoms with E-state index in [2.05, 4.69) is 10.6 Å². The topological polar surface area (TPSA) is 50.4 Å². The summed E-state index contributed by atoms with van der Waals surface area (Å²) in [7, 11) is 1.41. The maximum atomic E-state index is 13.8. The first kappa shape index (κ1) is 17.0. The van der Waals surface area contributed by atoms with E-state index in [1.807, 2.05) is 0 Å². The minimum Gasteiger partial charge on any atom is -0.365 e. The molecule has 0 spiro atoms. The van der Waals surface area contributed by atoms with E-state index in [0.29, 0.717) is 11.1 Å². The Bertz CT molecular complexity index is 839. The van der Waals surface area contributed by atoms with E-state index in [0.717, 1.165) is 12.1 Å². The van der Waals surface area contributed by atoms with Crippen LogP contribution in [0.15, 0.2) is 48.7 Å². The number of rotatable bonds is 4. The molecule has 1 amide bonds. The van der Waals surface area contributed by atoms with E-state index < -0.39 is 35.5 Å². The van der Waals surface area contributed by atoms with Crippen LogP contribution in [0.4, 0.5) is 18.9 Å². The number of hydrogen-bond donors (Lipinski definition) is 2. The van der Waals surface area contributed by atoms with Gasteiger partial charge < -0.3 is 15.4 Å². The zero-order valence-electron chi connectivity index (χ0n) is 13.2. The minimum absolute atomic E-state index is 0.0267. The highest BCUT2D eigenvalue weighted by Crippen LogP contribution is 2.32. The Labute approximate surface area is 142 Å². The third-order valence-electron chi connectivity index (χ3n) is 3.96. The molecule has 1 heterocycles. The molecule has 2 aromatic rings. The summed E-state index contributed by atoms with van der Waals surface area (Å²) in [5.41, 5.74) is 0.776. The maximum absolute atomic E-state index is 13.8. The molecule has 2 atom stereocenters. The molecule has 4 nitrogen and oxygen atoms in total. The molecular formula is C18H15F3N2O2. The van der Waals surface area contributed by atoms with E-state index in [9.17, 15) is 18.0 Å². The summed E-state index contributed by atoms with van der Waals surface area (Å²) in [6, 6.07) is 9.11. The molecule has 0 saturated heterocycles. The van der Waals surface area contributed by atoms with Gasteiger partial charge in [0.05, 0.1) is 5.69 Å². The van der Waals surface area contributed by atoms with Crippen molar-refractivity contribution < 1.29 is 22.7 Å². The van der Waals surface area contributed by atoms with Crippen LogP contribution in [0.2, 0.25) is 0 Å². The fourth-order valence-corrected chi connectivity index (χ4v) is 2.72. The lowest BCUT2D eigenvalue weighted by atomic mass is 9.93. The van der Waals surface area contributed by atoms with Crippen molar-refractivity contribution in [1.29, 1.82) is 0 Å². The highest BCUT2D eigenvalue weighted by Gasteiger charge is 2.37. The Morgan fingerprint density at radius 3 is 2.52 bits per heavy atom. The molecule has 7 heteroatoms. The molecule has 2 N–H and O–H groups in total. The largest absolute Gasteiger partial charge is 0.365 e. The smallest absolute Gasteiger partial charge is 0.236 e. The van der Waals surface area contributed by atoms with Crippen molar-refractivity contribution in [1.82, 2.24) is 5.32 Å². The third-order valence-corrected chi connectivity index (χ3v) is 3.96. The number of methoxy groups -OCH3 is 1. The molecule has 0 saturated carbocycles. The summed E-state index contributed by atoms with van der Waals surface area (Å²) >= 11 is 0. The minimum atomic E-state index is -1.02. The summed E-state index contributed by atoms with van der Waals surface area (Å²) in [5.74, 6) is -3.97. The first-order valence-electron chi connectivity index (χ1n) is 7.51. The number of hydrogen-bond acceptors (Lipinski definition) is 3. The average molecular weight is 348 g/mol. The van der Waals surface area contributed by atoms with Crippen molar-refractivity contribution in [3.8, 4) is 0 Å². The van der Waals surface area contributed by atoms with Gasteiger partial charge in [0.2, 0.25) is 5.91 Å². The van der Waals surface area contributed by atoms with Crippen LogP contribution in [-0.2, 0) is 9.53 Å². The first-order chi connectivity index (χ1) is 12.0. The van der Waals surface area contributed by atoms with Crippen LogP contribution in [0.3, 0.4) is 0 Å². The molecule has 3 rings (SSSR count). The third kappa shape index (κ3) is 3.36. The van der Waals surface area contributed by atoms with Crippen LogP contribution < -0.4 is 10.6 Å². The standard InChI is InChI=1S/C18H15F3N2O2/c1-25-18-16(17(24)23-15-5-3-2-4-13(15)20)11(9-22-18)10-6-7-12(19)14(21)8-10/h2-9,16,18,22H,1H3,(H,23,24). The molecule has 2 unspecified atom stereocenters. The van der Waals surface area contributed by atoms with Gasteiger partial charge in [-0.3, -0.25) is 4.79 Å². The highest BCUT2D eigenvalue weighted by molar-refractivity contribution is 6.01. The molecule has 0 aliphatic carbocycles. The average Bonchev–Trinajstić information content (AvgIpc) is 3.03. The Hall–Kier alpha value is -2.80. The number of halogens is 3. The molecule has 130 valence electrons. The number of amides is 1. The molecule has 0 fully saturated rings. The van der Waals surface area contributed by atoms with Gasteiger partial charge >= 0.3 is 0 Å². The van der Waals surface area contributed by atoms with Gasteiger partial charge in [-0.2, -0.15) is 0 Å². The van der Waals surface area contributed by atoms with Gasteiger partial charge in [0.1, 0.15) is 18.0 Å². The Kier molecular flexibility index (Phi) is 4.76. The van der Waals surface area contributed by atoms with Gasteiger partial charge in [0.25, 0.3) is 0 Å². The molecule has 1 aliphatic heterocycles. The molecule has 0 aromatic heterocycles. The van der Waals surface area contributed by atoms with Crippen molar-refractivity contribution >= 4 is 17.2 Å². The van der Waals surface area contributed by atoms with Gasteiger partial charge in [0.15, 0.2) is 11.6 Å². The molecule has 2 aromatic carbocycles. The second-order valence-corrected chi connectivity index (χ2v) is 5.50. The fraction of sp³-hybridized carbons (Fsp3) is 0.167. The summed E-state index contributed by atoms with van der Waals surface area (Å²) in [6.45, 7) is 0. The van der Waals surface area contributed by atoms with Crippen molar-refractivity contribution in [2.75, 3.05) is 12.4 Å². The summed E-state index contributed by atoms with van der Waals surface area (Å²) in [4.78, 5) is 12.7. The lowest BCUT2D eigenvalue weighted by Crippen LogP contribution is -2.37. The van der Waals surface area contributed by atoms with Crippen LogP contribution in [0.1, 0.15) is 5.56 Å². The van der Waals surface area contributed by atoms with Gasteiger partial charge in [-0.25, -0.2) is 13.2 Å². The number of para-hydroxylation sites is 1. The van der Waals surface area contributed by atoms with Crippen molar-refractivity contribution in [3.05, 3.63) is 71.7 Å². The lowest BCUT2D eigenvalue weighted by Gasteiger charge is -2.21. The zero-order valence-corrected chi connectivity index (χ0v) is 13.2. The molecule has 0 radical (unpaired) electrons. The monoisotopic (exact) mass is 348 g/mol. The number of ether oxygens (including phenoxy) is 1. The van der Waals surface area contributed by atoms with E-state index in [4.69, 9.17) is 4.74 Å². The molecule has 25 heavy (non-hydrogen) atoms. The van der Waals surface area contributed by atoms with E-state index in [-0.39, 0.29) is 5.69 Å². The Morgan fingerprint density at radius 2 is 1.84 bits per heavy atom. The second-order valence-electron chi connectivity index (χ2n) is 5.50. The fourth-order valence-electron chi connectivity index (χ4n) is 2.72. The summed E-state index contributed by atoms with van der Waals surface area (Å²) in [5, 5.41) is 5.36. The zero-order chi connectivity index (χ0) is 18.0. The van der Waals surface area contributed by atoms with Gasteiger partial charge in [-0.05, 0) is 35.4 Å². The van der Waals surface area contributed by atoms with Crippen LogP contribution in [0.25, 0.3) is 5.57 Å². The van der Waals surface area contributed by atoms with Crippen LogP contribution in [-0.4, -0.2) is 19.2 Å². The molecular weight excluding hydrogens is 333 g/mol. The SMILES string of the molecule is COC1NC=C(c2ccc(F)c(F)c2)C1C(=O)Nc1ccccc1F. The first-order valence-corrected chi connectivity index (χ1v) is 7.51. The van der Waals surface area contributed by atoms with Gasteiger partial charge in [-0.15, -0.1) is 0 Å². The van der Waals surface area contributed by atoms with Gasteiger partial charge in [-0.1, -0.05) is 18.2 Å². The van der Waals surface area contributed by atoms with E-state index >= 15 is 0 Å². The molecule has 0 bridgehead atoms. The Balaban J connectivity index is 1.90. The quantitative estimate of drug-likeness (QED) is 0.892. The van der Waals surface area contributed by atoms with Crippen LogP contribution in [0.5, 0.6) is 0 Å². The van der Waals surface area contributed by atoms with E-state index in [1.54, 1.807) is 6.07 Å². The van der Waals surface area contributed by atoms with Crippen molar-refractivity contribution in [3.63, 3.8) is 0 Å². The lowest BCUT2D eigenvalue weighted by molar-refractivity contribution is -0.121. The number of nitrogens with one attached hydrogen (secondary N) is 2. The van der Waals surface area contributed by atoms with Crippen molar-refractivity contribution in [2.24, 2.45) is 5.92 Å². The summed E-state index contributed by atoms with van der Waals surface area (Å²) < 4.78 is 45.7. The summed E-state index contributed by atoms with van der Waals surface area (Å²) in [6.07, 6.45) is 0.793. The maximum Gasteiger partial charge on any atom is 0.236 e. The van der Waals surface area contributed by atoms with Crippen molar-refractivity contribution in [2.45, 2.75) is 6.23 Å². The Morgan fingerprint density at radius 1 is 1.08 bits per heavy atom. The second kappa shape index (κ2) is 6.98. The van der Waals surface area contributed by atoms with E-state index in [1.165, 1.54) is 37.6 Å². The van der Waals surface area contributed by atoms with Crippen LogP contribution in [0, 0.1) is 23.4 Å². The predicted molar refractivity (Wildman–Crippen MR) is 86.8 cm³/mol. The number of benzene rings is 2. The normalized spacial score (nSPS) is 19.3. The number of carbonyl (C=O) groups excluding carboxylic acids is 1. The number of anilines is 1. The van der Waals surface area contributed by atoms with Crippen LogP contribution >= 0.6 is 0 Å². The number of carbonyl (C=O) groups is 1.